The quantitative estimate of drug-likeness (QED) is 0.620. The maximum absolute atomic E-state index is 5.22. The van der Waals surface area contributed by atoms with E-state index in [2.05, 4.69) is 47.8 Å². The van der Waals surface area contributed by atoms with Gasteiger partial charge < -0.3 is 10.1 Å². The van der Waals surface area contributed by atoms with Crippen molar-refractivity contribution >= 4 is 39.3 Å². The maximum atomic E-state index is 5.22. The van der Waals surface area contributed by atoms with Crippen LogP contribution in [0.2, 0.25) is 0 Å². The minimum absolute atomic E-state index is 0.837. The van der Waals surface area contributed by atoms with Crippen LogP contribution in [0.5, 0.6) is 5.75 Å². The number of methoxy groups -OCH3 is 1. The van der Waals surface area contributed by atoms with E-state index in [0.29, 0.717) is 0 Å². The molecule has 0 aromatic heterocycles. The van der Waals surface area contributed by atoms with Crippen LogP contribution < -0.4 is 10.1 Å². The number of hydrogen-bond acceptors (Lipinski definition) is 4. The summed E-state index contributed by atoms with van der Waals surface area (Å²) < 4.78 is 5.22. The molecule has 0 saturated carbocycles. The summed E-state index contributed by atoms with van der Waals surface area (Å²) >= 11 is 1.64. The van der Waals surface area contributed by atoms with Crippen LogP contribution in [-0.4, -0.2) is 12.3 Å². The zero-order valence-electron chi connectivity index (χ0n) is 14.3. The smallest absolute Gasteiger partial charge is 0.171 e. The number of thioether (sulfide) groups is 1. The Kier molecular flexibility index (Phi) is 4.75. The molecule has 0 saturated heterocycles. The van der Waals surface area contributed by atoms with Crippen LogP contribution in [0.15, 0.2) is 83.9 Å². The van der Waals surface area contributed by atoms with Gasteiger partial charge in [-0.1, -0.05) is 60.3 Å². The fourth-order valence-electron chi connectivity index (χ4n) is 2.73. The van der Waals surface area contributed by atoms with Crippen LogP contribution in [0.1, 0.15) is 11.1 Å². The molecule has 4 rings (SSSR count). The van der Waals surface area contributed by atoms with E-state index in [1.807, 2.05) is 42.5 Å². The molecule has 0 fully saturated rings. The molecule has 1 N–H and O–H groups in total. The number of nitrogens with zero attached hydrogens (tertiary/aromatic N) is 1. The molecule has 0 amide bonds. The molecule has 0 aliphatic carbocycles. The summed E-state index contributed by atoms with van der Waals surface area (Å²) in [7, 11) is 1.67. The highest BCUT2D eigenvalue weighted by Gasteiger charge is 2.17. The van der Waals surface area contributed by atoms with Crippen molar-refractivity contribution in [2.24, 2.45) is 4.99 Å². The van der Waals surface area contributed by atoms with Gasteiger partial charge in [0.2, 0.25) is 0 Å². The SMILES string of the molecule is COc1ccc(NC2=Nc3ccccc3/C(=C/c3ccccc3)S2)cc1. The summed E-state index contributed by atoms with van der Waals surface area (Å²) in [5.74, 6) is 0.837. The minimum atomic E-state index is 0.837. The Labute approximate surface area is 157 Å². The van der Waals surface area contributed by atoms with Gasteiger partial charge in [-0.3, -0.25) is 0 Å². The molecule has 1 aliphatic rings. The Morgan fingerprint density at radius 3 is 2.38 bits per heavy atom. The molecule has 26 heavy (non-hydrogen) atoms. The summed E-state index contributed by atoms with van der Waals surface area (Å²) in [5, 5.41) is 4.26. The maximum Gasteiger partial charge on any atom is 0.171 e. The van der Waals surface area contributed by atoms with E-state index >= 15 is 0 Å². The van der Waals surface area contributed by atoms with Crippen molar-refractivity contribution in [3.8, 4) is 5.75 Å². The Balaban J connectivity index is 1.66. The molecule has 1 aliphatic heterocycles. The molecule has 0 spiro atoms. The van der Waals surface area contributed by atoms with Crippen LogP contribution >= 0.6 is 11.8 Å². The second-order valence-electron chi connectivity index (χ2n) is 5.81. The lowest BCUT2D eigenvalue weighted by Crippen LogP contribution is -2.10. The van der Waals surface area contributed by atoms with Crippen LogP contribution in [-0.2, 0) is 0 Å². The van der Waals surface area contributed by atoms with Gasteiger partial charge in [-0.15, -0.1) is 0 Å². The van der Waals surface area contributed by atoms with Crippen LogP contribution in [0.3, 0.4) is 0 Å². The number of nitrogens with one attached hydrogen (secondary N) is 1. The summed E-state index contributed by atoms with van der Waals surface area (Å²) in [6.45, 7) is 0. The first kappa shape index (κ1) is 16.5. The van der Waals surface area contributed by atoms with Gasteiger partial charge in [0.25, 0.3) is 0 Å². The predicted molar refractivity (Wildman–Crippen MR) is 112 cm³/mol. The third-order valence-corrected chi connectivity index (χ3v) is 4.98. The second-order valence-corrected chi connectivity index (χ2v) is 6.84. The van der Waals surface area contributed by atoms with Crippen molar-refractivity contribution in [1.29, 1.82) is 0 Å². The van der Waals surface area contributed by atoms with E-state index in [0.717, 1.165) is 27.9 Å². The molecule has 1 heterocycles. The molecule has 3 aromatic rings. The van der Waals surface area contributed by atoms with E-state index in [1.54, 1.807) is 18.9 Å². The molecule has 0 unspecified atom stereocenters. The van der Waals surface area contributed by atoms with Gasteiger partial charge in [0.1, 0.15) is 5.75 Å². The van der Waals surface area contributed by atoms with E-state index in [4.69, 9.17) is 9.73 Å². The van der Waals surface area contributed by atoms with E-state index in [9.17, 15) is 0 Å². The third-order valence-electron chi connectivity index (χ3n) is 4.04. The van der Waals surface area contributed by atoms with Crippen LogP contribution in [0, 0.1) is 0 Å². The van der Waals surface area contributed by atoms with Gasteiger partial charge in [-0.2, -0.15) is 0 Å². The molecule has 0 atom stereocenters. The predicted octanol–water partition coefficient (Wildman–Crippen LogP) is 6.04. The van der Waals surface area contributed by atoms with Gasteiger partial charge in [-0.25, -0.2) is 4.99 Å². The standard InChI is InChI=1S/C22H18N2OS/c1-25-18-13-11-17(12-14-18)23-22-24-20-10-6-5-9-19(20)21(26-22)15-16-7-3-2-4-8-16/h2-15H,1H3,(H,23,24)/b21-15-. The lowest BCUT2D eigenvalue weighted by Gasteiger charge is -2.19. The van der Waals surface area contributed by atoms with Gasteiger partial charge in [0.15, 0.2) is 5.17 Å². The fourth-order valence-corrected chi connectivity index (χ4v) is 3.73. The highest BCUT2D eigenvalue weighted by atomic mass is 32.2. The topological polar surface area (TPSA) is 33.6 Å². The van der Waals surface area contributed by atoms with Gasteiger partial charge in [-0.05, 0) is 42.0 Å². The Morgan fingerprint density at radius 1 is 0.885 bits per heavy atom. The molecule has 4 heteroatoms. The Bertz CT molecular complexity index is 963. The van der Waals surface area contributed by atoms with Gasteiger partial charge in [0.05, 0.1) is 12.8 Å². The average molecular weight is 358 g/mol. The summed E-state index contributed by atoms with van der Waals surface area (Å²) in [4.78, 5) is 5.95. The molecule has 3 aromatic carbocycles. The molecule has 0 bridgehead atoms. The zero-order valence-corrected chi connectivity index (χ0v) is 15.2. The lowest BCUT2D eigenvalue weighted by molar-refractivity contribution is 0.415. The van der Waals surface area contributed by atoms with E-state index in [-0.39, 0.29) is 0 Å². The summed E-state index contributed by atoms with van der Waals surface area (Å²) in [6.07, 6.45) is 2.20. The van der Waals surface area contributed by atoms with Crippen molar-refractivity contribution in [1.82, 2.24) is 0 Å². The van der Waals surface area contributed by atoms with Crippen LogP contribution in [0.25, 0.3) is 11.0 Å². The van der Waals surface area contributed by atoms with Crippen molar-refractivity contribution < 1.29 is 4.74 Å². The first-order valence-electron chi connectivity index (χ1n) is 8.35. The average Bonchev–Trinajstić information content (AvgIpc) is 2.69. The Hall–Kier alpha value is -2.98. The van der Waals surface area contributed by atoms with Crippen molar-refractivity contribution in [2.45, 2.75) is 0 Å². The minimum Gasteiger partial charge on any atom is -0.497 e. The first-order chi connectivity index (χ1) is 12.8. The number of benzene rings is 3. The fraction of sp³-hybridized carbons (Fsp3) is 0.0455. The number of para-hydroxylation sites is 1. The molecule has 0 radical (unpaired) electrons. The number of anilines is 1. The zero-order chi connectivity index (χ0) is 17.8. The monoisotopic (exact) mass is 358 g/mol. The van der Waals surface area contributed by atoms with E-state index in [1.165, 1.54) is 10.5 Å². The van der Waals surface area contributed by atoms with Crippen molar-refractivity contribution in [3.05, 3.63) is 90.0 Å². The normalized spacial score (nSPS) is 14.5. The molecule has 128 valence electrons. The number of ether oxygens (including phenoxy) is 1. The second kappa shape index (κ2) is 7.50. The Morgan fingerprint density at radius 2 is 1.62 bits per heavy atom. The largest absolute Gasteiger partial charge is 0.497 e. The molecule has 3 nitrogen and oxygen atoms in total. The number of rotatable bonds is 3. The number of fused-ring (bicyclic) bond motifs is 1. The van der Waals surface area contributed by atoms with Crippen molar-refractivity contribution in [2.75, 3.05) is 12.4 Å². The highest BCUT2D eigenvalue weighted by molar-refractivity contribution is 8.22. The van der Waals surface area contributed by atoms with E-state index < -0.39 is 0 Å². The van der Waals surface area contributed by atoms with Gasteiger partial charge >= 0.3 is 0 Å². The number of amidine groups is 1. The van der Waals surface area contributed by atoms with Gasteiger partial charge in [0, 0.05) is 16.2 Å². The molecular formula is C22H18N2OS. The highest BCUT2D eigenvalue weighted by Crippen LogP contribution is 2.41. The summed E-state index contributed by atoms with van der Waals surface area (Å²) in [6, 6.07) is 26.4. The third kappa shape index (κ3) is 3.65. The number of hydrogen-bond donors (Lipinski definition) is 1. The number of aliphatic imine (C=N–C) groups is 1. The lowest BCUT2D eigenvalue weighted by atomic mass is 10.1. The van der Waals surface area contributed by atoms with Crippen molar-refractivity contribution in [3.63, 3.8) is 0 Å². The van der Waals surface area contributed by atoms with Crippen LogP contribution in [0.4, 0.5) is 11.4 Å². The first-order valence-corrected chi connectivity index (χ1v) is 9.17. The molecular weight excluding hydrogens is 340 g/mol. The summed E-state index contributed by atoms with van der Waals surface area (Å²) in [5.41, 5.74) is 4.29.